The van der Waals surface area contributed by atoms with Crippen LogP contribution in [0.3, 0.4) is 0 Å². The third kappa shape index (κ3) is 4.53. The van der Waals surface area contributed by atoms with Gasteiger partial charge in [0.1, 0.15) is 5.75 Å². The lowest BCUT2D eigenvalue weighted by Gasteiger charge is -2.29. The normalized spacial score (nSPS) is 11.3. The van der Waals surface area contributed by atoms with Crippen molar-refractivity contribution in [3.63, 3.8) is 0 Å². The van der Waals surface area contributed by atoms with Crippen LogP contribution >= 0.6 is 0 Å². The van der Waals surface area contributed by atoms with Crippen molar-refractivity contribution < 1.29 is 15.0 Å². The summed E-state index contributed by atoms with van der Waals surface area (Å²) >= 11 is 0. The van der Waals surface area contributed by atoms with Gasteiger partial charge in [-0.15, -0.1) is 0 Å². The summed E-state index contributed by atoms with van der Waals surface area (Å²) in [5.74, 6) is 0.181. The summed E-state index contributed by atoms with van der Waals surface area (Å²) in [6.07, 6.45) is 2.52. The third-order valence-corrected chi connectivity index (χ3v) is 4.11. The second-order valence-corrected chi connectivity index (χ2v) is 5.27. The Bertz CT molecular complexity index is 419. The quantitative estimate of drug-likeness (QED) is 0.683. The summed E-state index contributed by atoms with van der Waals surface area (Å²) in [5.41, 5.74) is 0.562. The van der Waals surface area contributed by atoms with Crippen LogP contribution in [0.15, 0.2) is 24.3 Å². The van der Waals surface area contributed by atoms with Crippen molar-refractivity contribution in [3.05, 3.63) is 29.8 Å². The fraction of sp³-hybridized carbons (Fsp3) is 0.562. The van der Waals surface area contributed by atoms with Crippen molar-refractivity contribution in [2.24, 2.45) is 5.41 Å². The molecule has 1 aromatic rings. The molecule has 0 saturated carbocycles. The fourth-order valence-electron chi connectivity index (χ4n) is 2.12. The number of hydrogen-bond donors (Lipinski definition) is 3. The average Bonchev–Trinajstić information content (AvgIpc) is 2.48. The lowest BCUT2D eigenvalue weighted by molar-refractivity contribution is -0.121. The molecule has 112 valence electrons. The number of rotatable bonds is 8. The highest BCUT2D eigenvalue weighted by atomic mass is 16.3. The zero-order valence-corrected chi connectivity index (χ0v) is 12.4. The molecule has 0 aliphatic rings. The molecule has 0 heterocycles. The van der Waals surface area contributed by atoms with Crippen LogP contribution in [-0.4, -0.2) is 29.3 Å². The first-order valence-electron chi connectivity index (χ1n) is 7.21. The fourth-order valence-corrected chi connectivity index (χ4v) is 2.12. The maximum absolute atomic E-state index is 11.8. The largest absolute Gasteiger partial charge is 0.508 e. The van der Waals surface area contributed by atoms with Gasteiger partial charge in [0, 0.05) is 18.4 Å². The number of nitrogens with one attached hydrogen (secondary N) is 1. The molecule has 3 N–H and O–H groups in total. The van der Waals surface area contributed by atoms with Crippen molar-refractivity contribution in [1.82, 2.24) is 5.32 Å². The molecule has 0 bridgehead atoms. The molecule has 1 rings (SSSR count). The summed E-state index contributed by atoms with van der Waals surface area (Å²) in [4.78, 5) is 11.8. The molecule has 20 heavy (non-hydrogen) atoms. The van der Waals surface area contributed by atoms with Crippen LogP contribution in [0.5, 0.6) is 5.75 Å². The van der Waals surface area contributed by atoms with E-state index in [1.54, 1.807) is 12.1 Å². The van der Waals surface area contributed by atoms with Crippen LogP contribution in [0.1, 0.15) is 38.7 Å². The molecule has 0 aromatic heterocycles. The summed E-state index contributed by atoms with van der Waals surface area (Å²) in [7, 11) is 0. The van der Waals surface area contributed by atoms with E-state index in [1.165, 1.54) is 0 Å². The summed E-state index contributed by atoms with van der Waals surface area (Å²) in [5, 5.41) is 22.0. The lowest BCUT2D eigenvalue weighted by Crippen LogP contribution is -2.39. The molecule has 0 fully saturated rings. The van der Waals surface area contributed by atoms with E-state index in [2.05, 4.69) is 5.32 Å². The molecule has 0 saturated heterocycles. The predicted molar refractivity (Wildman–Crippen MR) is 79.5 cm³/mol. The zero-order valence-electron chi connectivity index (χ0n) is 12.4. The predicted octanol–water partition coefficient (Wildman–Crippen LogP) is 2.24. The van der Waals surface area contributed by atoms with E-state index in [4.69, 9.17) is 0 Å². The van der Waals surface area contributed by atoms with Gasteiger partial charge in [-0.25, -0.2) is 0 Å². The Labute approximate surface area is 120 Å². The minimum absolute atomic E-state index is 0.0482. The molecular weight excluding hydrogens is 254 g/mol. The molecule has 0 aliphatic carbocycles. The second kappa shape index (κ2) is 7.90. The minimum Gasteiger partial charge on any atom is -0.508 e. The molecule has 1 aromatic carbocycles. The SMILES string of the molecule is CCC(CC)(CO)CNC(=O)CCc1ccccc1O. The number of carbonyl (C=O) groups excluding carboxylic acids is 1. The highest BCUT2D eigenvalue weighted by Crippen LogP contribution is 2.24. The van der Waals surface area contributed by atoms with E-state index in [9.17, 15) is 15.0 Å². The minimum atomic E-state index is -0.218. The molecule has 4 heteroatoms. The number of benzene rings is 1. The highest BCUT2D eigenvalue weighted by molar-refractivity contribution is 5.76. The van der Waals surface area contributed by atoms with Gasteiger partial charge in [-0.3, -0.25) is 4.79 Å². The Hall–Kier alpha value is -1.55. The Morgan fingerprint density at radius 2 is 1.90 bits per heavy atom. The summed E-state index contributed by atoms with van der Waals surface area (Å²) in [6.45, 7) is 4.62. The summed E-state index contributed by atoms with van der Waals surface area (Å²) < 4.78 is 0. The van der Waals surface area contributed by atoms with E-state index < -0.39 is 0 Å². The maximum atomic E-state index is 11.8. The van der Waals surface area contributed by atoms with Gasteiger partial charge >= 0.3 is 0 Å². The number of hydrogen-bond acceptors (Lipinski definition) is 3. The number of aliphatic hydroxyl groups is 1. The number of phenolic OH excluding ortho intramolecular Hbond substituents is 1. The molecule has 0 unspecified atom stereocenters. The number of phenols is 1. The second-order valence-electron chi connectivity index (χ2n) is 5.27. The van der Waals surface area contributed by atoms with Crippen LogP contribution in [0, 0.1) is 5.41 Å². The third-order valence-electron chi connectivity index (χ3n) is 4.11. The van der Waals surface area contributed by atoms with Gasteiger partial charge in [0.2, 0.25) is 5.91 Å². The van der Waals surface area contributed by atoms with Crippen LogP contribution in [0.2, 0.25) is 0 Å². The van der Waals surface area contributed by atoms with Gasteiger partial charge in [-0.05, 0) is 30.9 Å². The van der Waals surface area contributed by atoms with Gasteiger partial charge in [0.25, 0.3) is 0 Å². The van der Waals surface area contributed by atoms with E-state index in [0.717, 1.165) is 18.4 Å². The van der Waals surface area contributed by atoms with Crippen LogP contribution in [-0.2, 0) is 11.2 Å². The average molecular weight is 279 g/mol. The van der Waals surface area contributed by atoms with Crippen LogP contribution in [0.25, 0.3) is 0 Å². The first-order valence-corrected chi connectivity index (χ1v) is 7.21. The molecule has 4 nitrogen and oxygen atoms in total. The number of carbonyl (C=O) groups is 1. The highest BCUT2D eigenvalue weighted by Gasteiger charge is 2.25. The van der Waals surface area contributed by atoms with Gasteiger partial charge in [-0.2, -0.15) is 0 Å². The Morgan fingerprint density at radius 1 is 1.25 bits per heavy atom. The number of aryl methyl sites for hydroxylation is 1. The van der Waals surface area contributed by atoms with E-state index in [-0.39, 0.29) is 23.7 Å². The number of aliphatic hydroxyl groups excluding tert-OH is 1. The maximum Gasteiger partial charge on any atom is 0.220 e. The first-order chi connectivity index (χ1) is 9.56. The zero-order chi connectivity index (χ0) is 15.0. The number of aromatic hydroxyl groups is 1. The molecule has 0 radical (unpaired) electrons. The number of para-hydroxylation sites is 1. The van der Waals surface area contributed by atoms with Crippen molar-refractivity contribution in [2.45, 2.75) is 39.5 Å². The standard InChI is InChI=1S/C16H25NO3/c1-3-16(4-2,12-18)11-17-15(20)10-9-13-7-5-6-8-14(13)19/h5-8,18-19H,3-4,9-12H2,1-2H3,(H,17,20). The van der Waals surface area contributed by atoms with E-state index in [1.807, 2.05) is 26.0 Å². The van der Waals surface area contributed by atoms with Gasteiger partial charge in [-0.1, -0.05) is 32.0 Å². The van der Waals surface area contributed by atoms with Crippen molar-refractivity contribution in [3.8, 4) is 5.75 Å². The van der Waals surface area contributed by atoms with Crippen LogP contribution < -0.4 is 5.32 Å². The van der Waals surface area contributed by atoms with Crippen molar-refractivity contribution in [2.75, 3.05) is 13.2 Å². The van der Waals surface area contributed by atoms with Crippen LogP contribution in [0.4, 0.5) is 0 Å². The number of amides is 1. The summed E-state index contributed by atoms with van der Waals surface area (Å²) in [6, 6.07) is 7.05. The Morgan fingerprint density at radius 3 is 2.45 bits per heavy atom. The molecule has 0 atom stereocenters. The van der Waals surface area contributed by atoms with Gasteiger partial charge in [0.15, 0.2) is 0 Å². The Kier molecular flexibility index (Phi) is 6.52. The van der Waals surface area contributed by atoms with E-state index >= 15 is 0 Å². The lowest BCUT2D eigenvalue weighted by atomic mass is 9.83. The first kappa shape index (κ1) is 16.5. The van der Waals surface area contributed by atoms with Crippen molar-refractivity contribution in [1.29, 1.82) is 0 Å². The molecule has 1 amide bonds. The van der Waals surface area contributed by atoms with E-state index in [0.29, 0.717) is 19.4 Å². The molecular formula is C16H25NO3. The Balaban J connectivity index is 2.43. The monoisotopic (exact) mass is 279 g/mol. The van der Waals surface area contributed by atoms with Gasteiger partial charge in [0.05, 0.1) is 6.61 Å². The molecule has 0 spiro atoms. The van der Waals surface area contributed by atoms with Gasteiger partial charge < -0.3 is 15.5 Å². The molecule has 0 aliphatic heterocycles. The van der Waals surface area contributed by atoms with Crippen molar-refractivity contribution >= 4 is 5.91 Å². The topological polar surface area (TPSA) is 69.6 Å². The smallest absolute Gasteiger partial charge is 0.220 e.